The maximum atomic E-state index is 10.5. The Morgan fingerprint density at radius 3 is 2.22 bits per heavy atom. The maximum Gasteiger partial charge on any atom is 0.326 e. The molecule has 48 valence electrons. The van der Waals surface area contributed by atoms with Gasteiger partial charge >= 0.3 is 6.03 Å². The molecular formula is C4H3ClN2O2. The summed E-state index contributed by atoms with van der Waals surface area (Å²) in [6.45, 7) is 0. The Hall–Kier alpha value is -1.03. The summed E-state index contributed by atoms with van der Waals surface area (Å²) in [5.41, 5.74) is 1.10. The van der Waals surface area contributed by atoms with Crippen LogP contribution in [0.15, 0.2) is 11.2 Å². The number of rotatable bonds is 0. The summed E-state index contributed by atoms with van der Waals surface area (Å²) in [6, 6.07) is -0.535. The molecule has 1 rings (SSSR count). The summed E-state index contributed by atoms with van der Waals surface area (Å²) in [7, 11) is 0. The van der Waals surface area contributed by atoms with Gasteiger partial charge in [-0.05, 0) is 0 Å². The smallest absolute Gasteiger partial charge is 0.302 e. The SMILES string of the molecule is O=C1NC(=O)/C(=C\Cl)N1. The Labute approximate surface area is 55.9 Å². The molecule has 0 radical (unpaired) electrons. The van der Waals surface area contributed by atoms with Crippen LogP contribution in [0, 0.1) is 0 Å². The van der Waals surface area contributed by atoms with Gasteiger partial charge in [0.2, 0.25) is 0 Å². The Kier molecular flexibility index (Phi) is 1.40. The number of hydrogen-bond acceptors (Lipinski definition) is 2. The molecule has 0 spiro atoms. The first-order valence-electron chi connectivity index (χ1n) is 2.17. The lowest BCUT2D eigenvalue weighted by Crippen LogP contribution is -2.22. The van der Waals surface area contributed by atoms with Gasteiger partial charge in [0.15, 0.2) is 0 Å². The van der Waals surface area contributed by atoms with Crippen molar-refractivity contribution in [2.75, 3.05) is 0 Å². The first-order chi connectivity index (χ1) is 4.24. The fourth-order valence-electron chi connectivity index (χ4n) is 0.458. The predicted octanol–water partition coefficient (Wildman–Crippen LogP) is -0.0940. The fourth-order valence-corrected chi connectivity index (χ4v) is 0.611. The van der Waals surface area contributed by atoms with E-state index in [9.17, 15) is 9.59 Å². The Morgan fingerprint density at radius 2 is 2.00 bits per heavy atom. The van der Waals surface area contributed by atoms with Crippen LogP contribution >= 0.6 is 11.6 Å². The van der Waals surface area contributed by atoms with E-state index < -0.39 is 11.9 Å². The monoisotopic (exact) mass is 146 g/mol. The lowest BCUT2D eigenvalue weighted by atomic mass is 10.5. The lowest BCUT2D eigenvalue weighted by Gasteiger charge is -1.83. The van der Waals surface area contributed by atoms with Gasteiger partial charge in [-0.1, -0.05) is 11.6 Å². The van der Waals surface area contributed by atoms with Crippen LogP contribution in [0.2, 0.25) is 0 Å². The minimum atomic E-state index is -0.535. The largest absolute Gasteiger partial charge is 0.326 e. The highest BCUT2D eigenvalue weighted by Crippen LogP contribution is 1.97. The highest BCUT2D eigenvalue weighted by atomic mass is 35.5. The van der Waals surface area contributed by atoms with Crippen molar-refractivity contribution < 1.29 is 9.59 Å². The Morgan fingerprint density at radius 1 is 1.33 bits per heavy atom. The molecule has 2 N–H and O–H groups in total. The second kappa shape index (κ2) is 2.06. The standard InChI is InChI=1S/C4H3ClN2O2/c5-1-2-3(8)7-4(9)6-2/h1H,(H2,6,7,8,9)/b2-1+. The van der Waals surface area contributed by atoms with E-state index in [2.05, 4.69) is 5.32 Å². The predicted molar refractivity (Wildman–Crippen MR) is 30.6 cm³/mol. The molecule has 0 aromatic heterocycles. The Bertz CT molecular complexity index is 199. The van der Waals surface area contributed by atoms with Gasteiger partial charge in [0.25, 0.3) is 5.91 Å². The number of halogens is 1. The molecule has 9 heavy (non-hydrogen) atoms. The van der Waals surface area contributed by atoms with Gasteiger partial charge in [-0.3, -0.25) is 10.1 Å². The van der Waals surface area contributed by atoms with Gasteiger partial charge in [0.1, 0.15) is 5.70 Å². The van der Waals surface area contributed by atoms with Gasteiger partial charge in [-0.2, -0.15) is 0 Å². The molecule has 0 atom stereocenters. The van der Waals surface area contributed by atoms with Gasteiger partial charge in [0.05, 0.1) is 0 Å². The topological polar surface area (TPSA) is 58.2 Å². The lowest BCUT2D eigenvalue weighted by molar-refractivity contribution is -0.115. The number of carbonyl (C=O) groups excluding carboxylic acids is 2. The zero-order chi connectivity index (χ0) is 6.85. The van der Waals surface area contributed by atoms with Crippen LogP contribution in [0.3, 0.4) is 0 Å². The number of carbonyl (C=O) groups is 2. The third-order valence-corrected chi connectivity index (χ3v) is 1.05. The Balaban J connectivity index is 2.81. The molecule has 1 aliphatic heterocycles. The van der Waals surface area contributed by atoms with E-state index in [4.69, 9.17) is 11.6 Å². The van der Waals surface area contributed by atoms with Crippen molar-refractivity contribution in [3.05, 3.63) is 11.2 Å². The molecular weight excluding hydrogens is 144 g/mol. The first kappa shape index (κ1) is 6.10. The van der Waals surface area contributed by atoms with Crippen LogP contribution in [0.5, 0.6) is 0 Å². The number of hydrogen-bond donors (Lipinski definition) is 2. The van der Waals surface area contributed by atoms with Gasteiger partial charge in [-0.25, -0.2) is 4.79 Å². The van der Waals surface area contributed by atoms with Crippen LogP contribution < -0.4 is 10.6 Å². The summed E-state index contributed by atoms with van der Waals surface area (Å²) < 4.78 is 0. The van der Waals surface area contributed by atoms with Crippen molar-refractivity contribution in [3.8, 4) is 0 Å². The van der Waals surface area contributed by atoms with Crippen LogP contribution in [-0.4, -0.2) is 11.9 Å². The minimum absolute atomic E-state index is 0.0849. The number of imide groups is 1. The summed E-state index contributed by atoms with van der Waals surface area (Å²) in [5.74, 6) is -0.491. The van der Waals surface area contributed by atoms with Crippen molar-refractivity contribution in [2.45, 2.75) is 0 Å². The average molecular weight is 147 g/mol. The fraction of sp³-hybridized carbons (Fsp3) is 0. The maximum absolute atomic E-state index is 10.5. The molecule has 0 aliphatic carbocycles. The highest BCUT2D eigenvalue weighted by Gasteiger charge is 2.21. The average Bonchev–Trinajstić information content (AvgIpc) is 2.10. The minimum Gasteiger partial charge on any atom is -0.302 e. The van der Waals surface area contributed by atoms with Crippen molar-refractivity contribution in [1.29, 1.82) is 0 Å². The normalized spacial score (nSPS) is 22.1. The van der Waals surface area contributed by atoms with Crippen LogP contribution in [-0.2, 0) is 4.79 Å². The molecule has 1 heterocycles. The highest BCUT2D eigenvalue weighted by molar-refractivity contribution is 6.29. The van der Waals surface area contributed by atoms with Crippen molar-refractivity contribution in [1.82, 2.24) is 10.6 Å². The molecule has 0 bridgehead atoms. The van der Waals surface area contributed by atoms with Crippen LogP contribution in [0.25, 0.3) is 0 Å². The number of amides is 3. The molecule has 1 aliphatic rings. The summed E-state index contributed by atoms with van der Waals surface area (Å²) in [5, 5.41) is 4.16. The molecule has 0 unspecified atom stereocenters. The molecule has 1 saturated heterocycles. The molecule has 5 heteroatoms. The molecule has 4 nitrogen and oxygen atoms in total. The quantitative estimate of drug-likeness (QED) is 0.371. The van der Waals surface area contributed by atoms with E-state index in [-0.39, 0.29) is 5.70 Å². The number of nitrogens with one attached hydrogen (secondary N) is 2. The van der Waals surface area contributed by atoms with E-state index >= 15 is 0 Å². The van der Waals surface area contributed by atoms with Gasteiger partial charge in [-0.15, -0.1) is 0 Å². The van der Waals surface area contributed by atoms with Crippen LogP contribution in [0.4, 0.5) is 4.79 Å². The third-order valence-electron chi connectivity index (χ3n) is 0.829. The van der Waals surface area contributed by atoms with E-state index in [1.54, 1.807) is 0 Å². The van der Waals surface area contributed by atoms with E-state index in [0.717, 1.165) is 5.54 Å². The summed E-state index contributed by atoms with van der Waals surface area (Å²) >= 11 is 5.13. The molecule has 1 fully saturated rings. The second-order valence-corrected chi connectivity index (χ2v) is 1.65. The third kappa shape index (κ3) is 1.02. The summed E-state index contributed by atoms with van der Waals surface area (Å²) in [4.78, 5) is 20.7. The molecule has 0 aromatic rings. The summed E-state index contributed by atoms with van der Waals surface area (Å²) in [6.07, 6.45) is 0. The van der Waals surface area contributed by atoms with Gasteiger partial charge in [0, 0.05) is 5.54 Å². The van der Waals surface area contributed by atoms with E-state index in [0.29, 0.717) is 0 Å². The van der Waals surface area contributed by atoms with Crippen LogP contribution in [0.1, 0.15) is 0 Å². The zero-order valence-electron chi connectivity index (χ0n) is 4.27. The molecule has 0 aromatic carbocycles. The van der Waals surface area contributed by atoms with E-state index in [1.165, 1.54) is 0 Å². The van der Waals surface area contributed by atoms with Crippen molar-refractivity contribution in [3.63, 3.8) is 0 Å². The first-order valence-corrected chi connectivity index (χ1v) is 2.60. The second-order valence-electron chi connectivity index (χ2n) is 1.43. The van der Waals surface area contributed by atoms with E-state index in [1.807, 2.05) is 5.32 Å². The van der Waals surface area contributed by atoms with Crippen molar-refractivity contribution >= 4 is 23.5 Å². The number of urea groups is 1. The van der Waals surface area contributed by atoms with Crippen molar-refractivity contribution in [2.24, 2.45) is 0 Å². The molecule has 3 amide bonds. The molecule has 0 saturated carbocycles. The zero-order valence-corrected chi connectivity index (χ0v) is 5.03. The van der Waals surface area contributed by atoms with Gasteiger partial charge < -0.3 is 5.32 Å².